The van der Waals surface area contributed by atoms with Gasteiger partial charge in [-0.1, -0.05) is 6.42 Å². The van der Waals surface area contributed by atoms with Gasteiger partial charge in [0.25, 0.3) is 0 Å². The molecule has 1 amide bonds. The van der Waals surface area contributed by atoms with Crippen molar-refractivity contribution in [3.8, 4) is 0 Å². The minimum Gasteiger partial charge on any atom is -0.481 e. The molecule has 0 aromatic rings. The highest BCUT2D eigenvalue weighted by atomic mass is 35.5. The van der Waals surface area contributed by atoms with E-state index in [2.05, 4.69) is 5.32 Å². The number of nitrogens with one attached hydrogen (secondary N) is 1. The molecule has 96 valence electrons. The molecule has 0 rings (SSSR count). The maximum absolute atomic E-state index is 11.1. The summed E-state index contributed by atoms with van der Waals surface area (Å²) in [5.74, 6) is -0.735. The zero-order valence-electron chi connectivity index (χ0n) is 9.41. The van der Waals surface area contributed by atoms with Gasteiger partial charge in [0.15, 0.2) is 0 Å². The van der Waals surface area contributed by atoms with E-state index in [1.165, 1.54) is 0 Å². The molecule has 0 radical (unpaired) electrons. The molecule has 0 aromatic carbocycles. The maximum atomic E-state index is 11.1. The predicted molar refractivity (Wildman–Crippen MR) is 64.6 cm³/mol. The Morgan fingerprint density at radius 1 is 1.06 bits per heavy atom. The molecule has 0 atom stereocenters. The molecule has 0 fully saturated rings. The highest BCUT2D eigenvalue weighted by Crippen LogP contribution is 1.98. The summed E-state index contributed by atoms with van der Waals surface area (Å²) in [7, 11) is 0. The topological polar surface area (TPSA) is 92.4 Å². The zero-order chi connectivity index (χ0) is 11.5. The fraction of sp³-hybridized carbons (Fsp3) is 0.800. The van der Waals surface area contributed by atoms with Gasteiger partial charge in [0, 0.05) is 19.4 Å². The first-order valence-corrected chi connectivity index (χ1v) is 5.35. The first-order chi connectivity index (χ1) is 7.16. The van der Waals surface area contributed by atoms with Gasteiger partial charge in [0.05, 0.1) is 0 Å². The number of hydrogen-bond donors (Lipinski definition) is 3. The Morgan fingerprint density at radius 3 is 2.31 bits per heavy atom. The van der Waals surface area contributed by atoms with Crippen LogP contribution in [0, 0.1) is 0 Å². The average Bonchev–Trinajstić information content (AvgIpc) is 2.19. The van der Waals surface area contributed by atoms with E-state index < -0.39 is 5.97 Å². The van der Waals surface area contributed by atoms with Crippen LogP contribution < -0.4 is 11.1 Å². The SMILES string of the molecule is Cl.NCCCC(=O)NCCCCCC(=O)O. The van der Waals surface area contributed by atoms with E-state index >= 15 is 0 Å². The van der Waals surface area contributed by atoms with Crippen molar-refractivity contribution >= 4 is 24.3 Å². The number of carboxylic acids is 1. The van der Waals surface area contributed by atoms with Crippen LogP contribution in [0.4, 0.5) is 0 Å². The molecule has 0 aromatic heterocycles. The Hall–Kier alpha value is -0.810. The summed E-state index contributed by atoms with van der Waals surface area (Å²) < 4.78 is 0. The van der Waals surface area contributed by atoms with Crippen LogP contribution in [0.3, 0.4) is 0 Å². The first kappa shape index (κ1) is 17.6. The number of halogens is 1. The molecule has 0 aliphatic rings. The summed E-state index contributed by atoms with van der Waals surface area (Å²) in [5, 5.41) is 11.1. The van der Waals surface area contributed by atoms with Crippen LogP contribution in [-0.4, -0.2) is 30.1 Å². The van der Waals surface area contributed by atoms with Crippen LogP contribution in [0.5, 0.6) is 0 Å². The number of nitrogens with two attached hydrogens (primary N) is 1. The Kier molecular flexibility index (Phi) is 13.5. The monoisotopic (exact) mass is 252 g/mol. The smallest absolute Gasteiger partial charge is 0.303 e. The van der Waals surface area contributed by atoms with Crippen molar-refractivity contribution in [2.24, 2.45) is 5.73 Å². The third-order valence-corrected chi connectivity index (χ3v) is 2.00. The standard InChI is InChI=1S/C10H20N2O3.ClH/c11-7-4-5-9(13)12-8-3-1-2-6-10(14)15;/h1-8,11H2,(H,12,13)(H,14,15);1H. The number of carbonyl (C=O) groups is 2. The van der Waals surface area contributed by atoms with Gasteiger partial charge < -0.3 is 16.2 Å². The molecule has 0 saturated heterocycles. The van der Waals surface area contributed by atoms with Crippen molar-refractivity contribution in [1.29, 1.82) is 0 Å². The van der Waals surface area contributed by atoms with E-state index in [1.54, 1.807) is 0 Å². The molecule has 6 heteroatoms. The lowest BCUT2D eigenvalue weighted by atomic mass is 10.2. The van der Waals surface area contributed by atoms with Crippen molar-refractivity contribution in [2.45, 2.75) is 38.5 Å². The van der Waals surface area contributed by atoms with Crippen LogP contribution in [0.25, 0.3) is 0 Å². The molecule has 0 unspecified atom stereocenters. The van der Waals surface area contributed by atoms with Gasteiger partial charge in [-0.15, -0.1) is 12.4 Å². The first-order valence-electron chi connectivity index (χ1n) is 5.35. The largest absolute Gasteiger partial charge is 0.481 e. The third-order valence-electron chi connectivity index (χ3n) is 2.00. The summed E-state index contributed by atoms with van der Waals surface area (Å²) in [4.78, 5) is 21.3. The molecular weight excluding hydrogens is 232 g/mol. The number of amides is 1. The van der Waals surface area contributed by atoms with Crippen LogP contribution >= 0.6 is 12.4 Å². The van der Waals surface area contributed by atoms with Crippen molar-refractivity contribution in [3.63, 3.8) is 0 Å². The predicted octanol–water partition coefficient (Wildman–Crippen LogP) is 0.908. The molecule has 0 spiro atoms. The lowest BCUT2D eigenvalue weighted by molar-refractivity contribution is -0.137. The molecule has 0 bridgehead atoms. The Morgan fingerprint density at radius 2 is 1.75 bits per heavy atom. The molecule has 0 aliphatic heterocycles. The van der Waals surface area contributed by atoms with Crippen LogP contribution in [0.1, 0.15) is 38.5 Å². The summed E-state index contributed by atoms with van der Waals surface area (Å²) in [6, 6.07) is 0. The number of carbonyl (C=O) groups excluding carboxylic acids is 1. The average molecular weight is 253 g/mol. The summed E-state index contributed by atoms with van der Waals surface area (Å²) in [5.41, 5.74) is 5.26. The van der Waals surface area contributed by atoms with E-state index in [0.29, 0.717) is 32.4 Å². The second-order valence-electron chi connectivity index (χ2n) is 3.45. The maximum Gasteiger partial charge on any atom is 0.303 e. The quantitative estimate of drug-likeness (QED) is 0.532. The van der Waals surface area contributed by atoms with Crippen molar-refractivity contribution in [1.82, 2.24) is 5.32 Å². The van der Waals surface area contributed by atoms with Crippen LogP contribution in [0.15, 0.2) is 0 Å². The van der Waals surface area contributed by atoms with E-state index in [4.69, 9.17) is 10.8 Å². The fourth-order valence-corrected chi connectivity index (χ4v) is 1.16. The summed E-state index contributed by atoms with van der Waals surface area (Å²) in [6.07, 6.45) is 3.75. The summed E-state index contributed by atoms with van der Waals surface area (Å²) >= 11 is 0. The molecule has 0 heterocycles. The normalized spacial score (nSPS) is 9.31. The third kappa shape index (κ3) is 13.2. The molecule has 4 N–H and O–H groups in total. The zero-order valence-corrected chi connectivity index (χ0v) is 10.2. The van der Waals surface area contributed by atoms with E-state index in [0.717, 1.165) is 12.8 Å². The van der Waals surface area contributed by atoms with E-state index in [9.17, 15) is 9.59 Å². The Bertz CT molecular complexity index is 201. The van der Waals surface area contributed by atoms with Gasteiger partial charge >= 0.3 is 5.97 Å². The minimum atomic E-state index is -0.762. The van der Waals surface area contributed by atoms with Crippen molar-refractivity contribution in [3.05, 3.63) is 0 Å². The molecule has 16 heavy (non-hydrogen) atoms. The Balaban J connectivity index is 0. The second kappa shape index (κ2) is 12.3. The lowest BCUT2D eigenvalue weighted by Gasteiger charge is -2.03. The van der Waals surface area contributed by atoms with Gasteiger partial charge in [0.1, 0.15) is 0 Å². The van der Waals surface area contributed by atoms with E-state index in [-0.39, 0.29) is 24.7 Å². The number of rotatable bonds is 9. The number of aliphatic carboxylic acids is 1. The van der Waals surface area contributed by atoms with Crippen molar-refractivity contribution < 1.29 is 14.7 Å². The molecule has 0 aliphatic carbocycles. The number of carboxylic acid groups (broad SMARTS) is 1. The molecule has 0 saturated carbocycles. The number of unbranched alkanes of at least 4 members (excludes halogenated alkanes) is 2. The van der Waals surface area contributed by atoms with Gasteiger partial charge in [-0.2, -0.15) is 0 Å². The highest BCUT2D eigenvalue weighted by molar-refractivity contribution is 5.85. The van der Waals surface area contributed by atoms with Gasteiger partial charge in [-0.05, 0) is 25.8 Å². The lowest BCUT2D eigenvalue weighted by Crippen LogP contribution is -2.24. The number of hydrogen-bond acceptors (Lipinski definition) is 3. The van der Waals surface area contributed by atoms with Crippen molar-refractivity contribution in [2.75, 3.05) is 13.1 Å². The highest BCUT2D eigenvalue weighted by Gasteiger charge is 1.99. The molecule has 5 nitrogen and oxygen atoms in total. The summed E-state index contributed by atoms with van der Waals surface area (Å²) in [6.45, 7) is 1.16. The van der Waals surface area contributed by atoms with E-state index in [1.807, 2.05) is 0 Å². The minimum absolute atomic E-state index is 0. The molecular formula is C10H21ClN2O3. The van der Waals surface area contributed by atoms with Gasteiger partial charge in [-0.3, -0.25) is 9.59 Å². The van der Waals surface area contributed by atoms with Gasteiger partial charge in [0.2, 0.25) is 5.91 Å². The Labute approximate surface area is 102 Å². The van der Waals surface area contributed by atoms with Crippen LogP contribution in [0.2, 0.25) is 0 Å². The van der Waals surface area contributed by atoms with Gasteiger partial charge in [-0.25, -0.2) is 0 Å². The second-order valence-corrected chi connectivity index (χ2v) is 3.45. The fourth-order valence-electron chi connectivity index (χ4n) is 1.16. The van der Waals surface area contributed by atoms with Crippen LogP contribution in [-0.2, 0) is 9.59 Å².